The Balaban J connectivity index is 3.13. The zero-order valence-corrected chi connectivity index (χ0v) is 11.8. The number of amides is 1. The Morgan fingerprint density at radius 2 is 1.71 bits per heavy atom. The van der Waals surface area contributed by atoms with Crippen LogP contribution in [-0.4, -0.2) is 49.3 Å². The van der Waals surface area contributed by atoms with Crippen molar-refractivity contribution in [1.29, 1.82) is 0 Å². The first kappa shape index (κ1) is 16.6. The number of carbonyl (C=O) groups is 2. The van der Waals surface area contributed by atoms with E-state index in [1.807, 2.05) is 0 Å². The fourth-order valence-electron chi connectivity index (χ4n) is 1.05. The van der Waals surface area contributed by atoms with Crippen LogP contribution in [0.2, 0.25) is 0 Å². The Labute approximate surface area is 114 Å². The number of nitrogens with two attached hydrogens (primary N) is 1. The minimum Gasteiger partial charge on any atom is -0.368 e. The number of rotatable bonds is 9. The summed E-state index contributed by atoms with van der Waals surface area (Å²) in [7, 11) is 0. The third kappa shape index (κ3) is 13.5. The van der Waals surface area contributed by atoms with Crippen molar-refractivity contribution in [2.45, 2.75) is 6.42 Å². The lowest BCUT2D eigenvalue weighted by Gasteiger charge is -2.06. The van der Waals surface area contributed by atoms with Gasteiger partial charge in [-0.1, -0.05) is 0 Å². The molecule has 0 radical (unpaired) electrons. The first-order valence-electron chi connectivity index (χ1n) is 5.43. The highest BCUT2D eigenvalue weighted by Gasteiger charge is 2.04. The summed E-state index contributed by atoms with van der Waals surface area (Å²) in [6.45, 7) is 4.33. The van der Waals surface area contributed by atoms with Crippen LogP contribution in [-0.2, 0) is 4.74 Å². The van der Waals surface area contributed by atoms with Gasteiger partial charge < -0.3 is 26.4 Å². The molecule has 0 rings (SSSR count). The molecule has 0 aromatic carbocycles. The summed E-state index contributed by atoms with van der Waals surface area (Å²) in [5.41, 5.74) is 5.32. The van der Waals surface area contributed by atoms with Crippen molar-refractivity contribution in [3.8, 4) is 0 Å². The summed E-state index contributed by atoms with van der Waals surface area (Å²) in [6, 6.07) is 0. The molecule has 7 nitrogen and oxygen atoms in total. The summed E-state index contributed by atoms with van der Waals surface area (Å²) in [6.07, 6.45) is 0.284. The smallest absolute Gasteiger partial charge is 0.368 e. The standard InChI is InChI=1S/C9H19IN4O3/c10-8(15)17-9(16)14-7-6-13-4-1-3-12-5-2-11/h12-13H,1-7,11H2,(H,14,16). The summed E-state index contributed by atoms with van der Waals surface area (Å²) < 4.78 is 3.63. The third-order valence-electron chi connectivity index (χ3n) is 1.77. The van der Waals surface area contributed by atoms with Gasteiger partial charge in [-0.2, -0.15) is 0 Å². The highest BCUT2D eigenvalue weighted by molar-refractivity contribution is 14.1. The quantitative estimate of drug-likeness (QED) is 0.197. The number of carbonyl (C=O) groups excluding carboxylic acids is 2. The van der Waals surface area contributed by atoms with E-state index in [9.17, 15) is 9.59 Å². The highest BCUT2D eigenvalue weighted by Crippen LogP contribution is 1.90. The minimum atomic E-state index is -0.712. The number of alkyl carbamates (subject to hydrolysis) is 1. The Bertz CT molecular complexity index is 228. The van der Waals surface area contributed by atoms with Crippen LogP contribution in [0.25, 0.3) is 0 Å². The molecule has 0 aromatic heterocycles. The SMILES string of the molecule is NCCNCCCNCCNC(=O)OC(=O)I. The molecule has 100 valence electrons. The van der Waals surface area contributed by atoms with Gasteiger partial charge in [0.1, 0.15) is 0 Å². The van der Waals surface area contributed by atoms with Crippen LogP contribution in [0.3, 0.4) is 0 Å². The van der Waals surface area contributed by atoms with Gasteiger partial charge in [0.15, 0.2) is 0 Å². The average molecular weight is 358 g/mol. The van der Waals surface area contributed by atoms with E-state index in [1.54, 1.807) is 0 Å². The van der Waals surface area contributed by atoms with E-state index in [-0.39, 0.29) is 0 Å². The van der Waals surface area contributed by atoms with Crippen LogP contribution in [0.1, 0.15) is 6.42 Å². The molecule has 0 saturated carbocycles. The normalized spacial score (nSPS) is 10.0. The molecule has 0 saturated heterocycles. The van der Waals surface area contributed by atoms with Crippen LogP contribution in [0, 0.1) is 0 Å². The van der Waals surface area contributed by atoms with Gasteiger partial charge in [0.05, 0.1) is 22.6 Å². The number of ether oxygens (including phenoxy) is 1. The molecule has 1 amide bonds. The molecule has 0 unspecified atom stereocenters. The van der Waals surface area contributed by atoms with Crippen molar-refractivity contribution >= 4 is 32.7 Å². The molecule has 0 aromatic rings. The van der Waals surface area contributed by atoms with Crippen LogP contribution in [0.5, 0.6) is 0 Å². The molecule has 0 heterocycles. The molecule has 5 N–H and O–H groups in total. The second kappa shape index (κ2) is 12.0. The molecular weight excluding hydrogens is 339 g/mol. The largest absolute Gasteiger partial charge is 0.415 e. The first-order chi connectivity index (χ1) is 8.16. The minimum absolute atomic E-state index is 0.430. The Hall–Kier alpha value is -0.450. The van der Waals surface area contributed by atoms with Crippen molar-refractivity contribution in [3.63, 3.8) is 0 Å². The van der Waals surface area contributed by atoms with Crippen LogP contribution >= 0.6 is 22.6 Å². The highest BCUT2D eigenvalue weighted by atomic mass is 127. The number of halogens is 1. The van der Waals surface area contributed by atoms with Gasteiger partial charge in [-0.3, -0.25) is 0 Å². The molecule has 0 fully saturated rings. The van der Waals surface area contributed by atoms with Gasteiger partial charge >= 0.3 is 10.1 Å². The van der Waals surface area contributed by atoms with E-state index in [2.05, 4.69) is 20.7 Å². The molecule has 17 heavy (non-hydrogen) atoms. The van der Waals surface area contributed by atoms with E-state index < -0.39 is 10.1 Å². The maximum Gasteiger partial charge on any atom is 0.415 e. The predicted octanol–water partition coefficient (Wildman–Crippen LogP) is -0.204. The average Bonchev–Trinajstić information content (AvgIpc) is 2.26. The lowest BCUT2D eigenvalue weighted by Crippen LogP contribution is -2.33. The molecule has 0 atom stereocenters. The summed E-state index contributed by atoms with van der Waals surface area (Å²) in [5.74, 6) is 0. The number of nitrogens with one attached hydrogen (secondary N) is 3. The fraction of sp³-hybridized carbons (Fsp3) is 0.778. The van der Waals surface area contributed by atoms with E-state index >= 15 is 0 Å². The van der Waals surface area contributed by atoms with Gasteiger partial charge in [0.2, 0.25) is 0 Å². The van der Waals surface area contributed by atoms with Crippen molar-refractivity contribution in [1.82, 2.24) is 16.0 Å². The van der Waals surface area contributed by atoms with Crippen LogP contribution in [0.4, 0.5) is 9.59 Å². The number of hydrogen-bond acceptors (Lipinski definition) is 6. The zero-order valence-electron chi connectivity index (χ0n) is 9.63. The van der Waals surface area contributed by atoms with Gasteiger partial charge in [-0.25, -0.2) is 9.59 Å². The van der Waals surface area contributed by atoms with E-state index in [4.69, 9.17) is 5.73 Å². The first-order valence-corrected chi connectivity index (χ1v) is 6.51. The Morgan fingerprint density at radius 1 is 1.06 bits per heavy atom. The second-order valence-corrected chi connectivity index (χ2v) is 4.08. The Morgan fingerprint density at radius 3 is 2.29 bits per heavy atom. The third-order valence-corrected chi connectivity index (χ3v) is 1.99. The monoisotopic (exact) mass is 358 g/mol. The molecule has 0 bridgehead atoms. The van der Waals surface area contributed by atoms with Gasteiger partial charge in [-0.15, -0.1) is 0 Å². The maximum atomic E-state index is 10.9. The van der Waals surface area contributed by atoms with Crippen LogP contribution in [0.15, 0.2) is 0 Å². The van der Waals surface area contributed by atoms with E-state index in [0.29, 0.717) is 19.6 Å². The second-order valence-electron chi connectivity index (χ2n) is 3.20. The van der Waals surface area contributed by atoms with E-state index in [1.165, 1.54) is 22.6 Å². The molecule has 8 heteroatoms. The molecule has 0 spiro atoms. The summed E-state index contributed by atoms with van der Waals surface area (Å²) >= 11 is 1.39. The topological polar surface area (TPSA) is 105 Å². The van der Waals surface area contributed by atoms with Gasteiger partial charge in [0.25, 0.3) is 0 Å². The molecule has 0 aliphatic heterocycles. The van der Waals surface area contributed by atoms with Crippen LogP contribution < -0.4 is 21.7 Å². The number of hydrogen-bond donors (Lipinski definition) is 4. The van der Waals surface area contributed by atoms with E-state index in [0.717, 1.165) is 26.1 Å². The predicted molar refractivity (Wildman–Crippen MR) is 73.3 cm³/mol. The molecule has 0 aliphatic rings. The lowest BCUT2D eigenvalue weighted by molar-refractivity contribution is 0.169. The summed E-state index contributed by atoms with van der Waals surface area (Å²) in [4.78, 5) is 21.2. The van der Waals surface area contributed by atoms with Gasteiger partial charge in [0, 0.05) is 26.2 Å². The zero-order chi connectivity index (χ0) is 12.9. The van der Waals surface area contributed by atoms with Crippen molar-refractivity contribution in [2.24, 2.45) is 5.73 Å². The molecule has 0 aliphatic carbocycles. The molecular formula is C9H19IN4O3. The fourth-order valence-corrected chi connectivity index (χ4v) is 1.25. The Kier molecular flexibility index (Phi) is 11.7. The lowest BCUT2D eigenvalue weighted by atomic mass is 10.4. The van der Waals surface area contributed by atoms with Crippen molar-refractivity contribution in [2.75, 3.05) is 39.3 Å². The summed E-state index contributed by atoms with van der Waals surface area (Å²) in [5, 5.41) is 8.76. The van der Waals surface area contributed by atoms with Crippen molar-refractivity contribution < 1.29 is 14.3 Å². The van der Waals surface area contributed by atoms with Gasteiger partial charge in [-0.05, 0) is 19.5 Å². The van der Waals surface area contributed by atoms with Crippen molar-refractivity contribution in [3.05, 3.63) is 0 Å². The maximum absolute atomic E-state index is 10.9.